The first-order valence-electron chi connectivity index (χ1n) is 25.8. The van der Waals surface area contributed by atoms with Gasteiger partial charge in [-0.25, -0.2) is 4.79 Å². The van der Waals surface area contributed by atoms with Gasteiger partial charge < -0.3 is 83.9 Å². The van der Waals surface area contributed by atoms with Crippen molar-refractivity contribution in [1.82, 2.24) is 0 Å². The number of esters is 2. The van der Waals surface area contributed by atoms with Crippen LogP contribution in [0.2, 0.25) is 0 Å². The quantitative estimate of drug-likeness (QED) is 0.0325. The fraction of sp³-hybridized carbons (Fsp3) is 0.939. The molecule has 3 fully saturated rings. The van der Waals surface area contributed by atoms with Gasteiger partial charge in [0.05, 0.1) is 25.4 Å². The van der Waals surface area contributed by atoms with Crippen LogP contribution in [-0.4, -0.2) is 182 Å². The molecule has 20 heteroatoms. The summed E-state index contributed by atoms with van der Waals surface area (Å²) in [5, 5.41) is 95.0. The number of hydrogen-bond acceptors (Lipinski definition) is 19. The number of carboxylic acids is 1. The first-order valence-corrected chi connectivity index (χ1v) is 25.8. The molecule has 2 unspecified atom stereocenters. The molecule has 404 valence electrons. The Bertz CT molecular complexity index is 1410. The van der Waals surface area contributed by atoms with Gasteiger partial charge in [0, 0.05) is 13.3 Å². The Hall–Kier alpha value is -2.15. The number of unbranched alkanes of at least 4 members (excludes halogenated alkanes) is 13. The molecule has 69 heavy (non-hydrogen) atoms. The van der Waals surface area contributed by atoms with Crippen molar-refractivity contribution in [2.45, 2.75) is 267 Å². The summed E-state index contributed by atoms with van der Waals surface area (Å²) >= 11 is 0. The fourth-order valence-corrected chi connectivity index (χ4v) is 8.83. The molecule has 0 amide bonds. The van der Waals surface area contributed by atoms with Gasteiger partial charge in [-0.2, -0.15) is 0 Å². The van der Waals surface area contributed by atoms with E-state index in [1.165, 1.54) is 0 Å². The zero-order valence-electron chi connectivity index (χ0n) is 41.5. The van der Waals surface area contributed by atoms with E-state index in [1.54, 1.807) is 0 Å². The third-order valence-corrected chi connectivity index (χ3v) is 13.0. The van der Waals surface area contributed by atoms with E-state index in [1.807, 2.05) is 13.8 Å². The lowest BCUT2D eigenvalue weighted by Gasteiger charge is -2.46. The fourth-order valence-electron chi connectivity index (χ4n) is 8.83. The molecule has 0 aliphatic carbocycles. The number of carbonyl (C=O) groups excluding carboxylic acids is 2. The summed E-state index contributed by atoms with van der Waals surface area (Å²) in [4.78, 5) is 35.0. The molecule has 3 aliphatic heterocycles. The van der Waals surface area contributed by atoms with E-state index in [9.17, 15) is 55.2 Å². The molecule has 3 rings (SSSR count). The Kier molecular flexibility index (Phi) is 29.7. The zero-order valence-corrected chi connectivity index (χ0v) is 41.5. The number of ether oxygens (including phenoxy) is 8. The van der Waals surface area contributed by atoms with Crippen LogP contribution in [0.4, 0.5) is 0 Å². The van der Waals surface area contributed by atoms with E-state index in [-0.39, 0.29) is 25.0 Å². The summed E-state index contributed by atoms with van der Waals surface area (Å²) in [5.41, 5.74) is 0. The molecule has 3 saturated heterocycles. The van der Waals surface area contributed by atoms with E-state index in [0.29, 0.717) is 38.5 Å². The molecule has 0 aromatic heterocycles. The number of hydrogen-bond donors (Lipinski definition) is 9. The summed E-state index contributed by atoms with van der Waals surface area (Å²) in [6, 6.07) is 0. The van der Waals surface area contributed by atoms with E-state index >= 15 is 0 Å². The number of rotatable bonds is 35. The number of carboxylic acid groups (broad SMARTS) is 1. The van der Waals surface area contributed by atoms with Crippen LogP contribution in [0.1, 0.15) is 169 Å². The second kappa shape index (κ2) is 33.6. The maximum absolute atomic E-state index is 12.3. The molecule has 3 heterocycles. The molecule has 16 atom stereocenters. The van der Waals surface area contributed by atoms with E-state index < -0.39 is 123 Å². The Morgan fingerprint density at radius 1 is 0.609 bits per heavy atom. The molecule has 0 radical (unpaired) electrons. The maximum Gasteiger partial charge on any atom is 0.332 e. The van der Waals surface area contributed by atoms with Crippen LogP contribution in [0.25, 0.3) is 0 Å². The Labute approximate surface area is 408 Å². The number of carbonyl (C=O) groups is 3. The SMILES string of the molecule is CCCCCC[C@@H](CCC[C@@H](O)CCCCCCCCCCCCC[C@@H](O)C(=O)O)O[C@H]1OC[C@H](O)C(O)[C@@H]1O[C@H]1OC[C@H](OC(C)=O)[C@@H](O)[C@@H]1OC1O[C@@H](COC(=O)CC(C)C)[C@H](O)[C@@H](O)[C@@H]1O. The van der Waals surface area contributed by atoms with Crippen molar-refractivity contribution in [2.75, 3.05) is 19.8 Å². The van der Waals surface area contributed by atoms with Crippen molar-refractivity contribution >= 4 is 17.9 Å². The summed E-state index contributed by atoms with van der Waals surface area (Å²) in [7, 11) is 0. The zero-order chi connectivity index (χ0) is 50.9. The summed E-state index contributed by atoms with van der Waals surface area (Å²) in [6.07, 6.45) is -3.86. The molecule has 3 aliphatic rings. The molecular formula is C49H88O20. The van der Waals surface area contributed by atoms with Crippen molar-refractivity contribution in [1.29, 1.82) is 0 Å². The second-order valence-corrected chi connectivity index (χ2v) is 19.6. The number of aliphatic hydroxyl groups is 8. The average molecular weight is 997 g/mol. The highest BCUT2D eigenvalue weighted by atomic mass is 16.8. The van der Waals surface area contributed by atoms with Crippen LogP contribution in [0.3, 0.4) is 0 Å². The lowest BCUT2D eigenvalue weighted by atomic mass is 9.98. The van der Waals surface area contributed by atoms with Gasteiger partial charge >= 0.3 is 17.9 Å². The molecule has 0 bridgehead atoms. The van der Waals surface area contributed by atoms with Crippen molar-refractivity contribution in [3.05, 3.63) is 0 Å². The van der Waals surface area contributed by atoms with Crippen LogP contribution in [0.15, 0.2) is 0 Å². The predicted octanol–water partition coefficient (Wildman–Crippen LogP) is 3.28. The minimum absolute atomic E-state index is 0.0192. The summed E-state index contributed by atoms with van der Waals surface area (Å²) in [6.45, 7) is 5.68. The molecule has 9 N–H and O–H groups in total. The predicted molar refractivity (Wildman–Crippen MR) is 247 cm³/mol. The lowest BCUT2D eigenvalue weighted by molar-refractivity contribution is -0.380. The largest absolute Gasteiger partial charge is 0.479 e. The van der Waals surface area contributed by atoms with Gasteiger partial charge in [-0.1, -0.05) is 117 Å². The molecule has 0 spiro atoms. The van der Waals surface area contributed by atoms with Crippen molar-refractivity contribution in [2.24, 2.45) is 5.92 Å². The molecule has 0 aromatic rings. The van der Waals surface area contributed by atoms with Gasteiger partial charge in [-0.05, 0) is 44.4 Å². The van der Waals surface area contributed by atoms with Crippen molar-refractivity contribution in [3.8, 4) is 0 Å². The monoisotopic (exact) mass is 997 g/mol. The number of aliphatic carboxylic acids is 1. The van der Waals surface area contributed by atoms with E-state index in [4.69, 9.17) is 43.0 Å². The molecular weight excluding hydrogens is 909 g/mol. The van der Waals surface area contributed by atoms with E-state index in [2.05, 4.69) is 6.92 Å². The number of aliphatic hydroxyl groups excluding tert-OH is 8. The highest BCUT2D eigenvalue weighted by molar-refractivity contribution is 5.71. The first-order chi connectivity index (χ1) is 32.9. The average Bonchev–Trinajstić information content (AvgIpc) is 3.29. The highest BCUT2D eigenvalue weighted by Crippen LogP contribution is 2.33. The van der Waals surface area contributed by atoms with Crippen molar-refractivity contribution in [3.63, 3.8) is 0 Å². The summed E-state index contributed by atoms with van der Waals surface area (Å²) in [5.74, 6) is -2.51. The molecule has 20 nitrogen and oxygen atoms in total. The van der Waals surface area contributed by atoms with Gasteiger partial charge in [-0.3, -0.25) is 9.59 Å². The van der Waals surface area contributed by atoms with Gasteiger partial charge in [0.2, 0.25) is 0 Å². The Morgan fingerprint density at radius 3 is 1.75 bits per heavy atom. The van der Waals surface area contributed by atoms with Crippen LogP contribution >= 0.6 is 0 Å². The van der Waals surface area contributed by atoms with E-state index in [0.717, 1.165) is 103 Å². The van der Waals surface area contributed by atoms with Crippen LogP contribution in [0.5, 0.6) is 0 Å². The molecule has 0 aromatic carbocycles. The third-order valence-electron chi connectivity index (χ3n) is 13.0. The standard InChI is InChI=1S/C49H88O20/c1-5-6-7-18-23-33(24-20-22-32(51)21-17-15-13-11-9-8-10-12-14-16-19-25-34(52)46(60)61)66-48-44(39(55)35(53)27-63-48)69-49-45(41(57)37(29-64-49)65-31(4)50)68-47-43(59)42(58)40(56)36(67-47)28-62-38(54)26-30(2)3/h30,32-37,39-45,47-49,51-53,55-59H,5-29H2,1-4H3,(H,60,61)/t32-,33-,34+,35-,36-,37-,39?,40-,41+,42+,43-,44-,45-,47?,48+,49+/m0/s1. The third kappa shape index (κ3) is 22.7. The van der Waals surface area contributed by atoms with Crippen LogP contribution in [-0.2, 0) is 52.3 Å². The Balaban J connectivity index is 1.59. The van der Waals surface area contributed by atoms with Gasteiger partial charge in [-0.15, -0.1) is 0 Å². The smallest absolute Gasteiger partial charge is 0.332 e. The van der Waals surface area contributed by atoms with Gasteiger partial charge in [0.1, 0.15) is 61.5 Å². The second-order valence-electron chi connectivity index (χ2n) is 19.6. The van der Waals surface area contributed by atoms with Gasteiger partial charge in [0.25, 0.3) is 0 Å². The topological polar surface area (TPSA) is 307 Å². The maximum atomic E-state index is 12.3. The normalized spacial score (nSPS) is 31.0. The van der Waals surface area contributed by atoms with Gasteiger partial charge in [0.15, 0.2) is 31.1 Å². The van der Waals surface area contributed by atoms with Crippen LogP contribution < -0.4 is 0 Å². The Morgan fingerprint density at radius 2 is 1.14 bits per heavy atom. The van der Waals surface area contributed by atoms with Crippen molar-refractivity contribution < 1.29 is 98.2 Å². The lowest BCUT2D eigenvalue weighted by Crippen LogP contribution is -2.65. The summed E-state index contributed by atoms with van der Waals surface area (Å²) < 4.78 is 46.9. The highest BCUT2D eigenvalue weighted by Gasteiger charge is 2.52. The minimum Gasteiger partial charge on any atom is -0.479 e. The van der Waals surface area contributed by atoms with Crippen LogP contribution in [0, 0.1) is 5.92 Å². The minimum atomic E-state index is -1.90. The first kappa shape index (κ1) is 61.2. The molecule has 0 saturated carbocycles.